The van der Waals surface area contributed by atoms with Gasteiger partial charge in [-0.3, -0.25) is 4.79 Å². The molecule has 0 unspecified atom stereocenters. The zero-order chi connectivity index (χ0) is 13.1. The summed E-state index contributed by atoms with van der Waals surface area (Å²) < 4.78 is 0. The third kappa shape index (κ3) is 2.42. The lowest BCUT2D eigenvalue weighted by molar-refractivity contribution is 0.0682. The molecule has 4 nitrogen and oxygen atoms in total. The van der Waals surface area contributed by atoms with Crippen molar-refractivity contribution in [2.45, 2.75) is 26.2 Å². The molecule has 0 atom stereocenters. The zero-order valence-electron chi connectivity index (χ0n) is 10.6. The topological polar surface area (TPSA) is 60.8 Å². The Bertz CT molecular complexity index is 416. The first-order valence-electron chi connectivity index (χ1n) is 6.43. The highest BCUT2D eigenvalue weighted by Crippen LogP contribution is 2.29. The van der Waals surface area contributed by atoms with Gasteiger partial charge < -0.3 is 15.1 Å². The number of amides is 1. The quantitative estimate of drug-likeness (QED) is 0.845. The number of rotatable bonds is 2. The van der Waals surface area contributed by atoms with Gasteiger partial charge in [0.1, 0.15) is 17.1 Å². The van der Waals surface area contributed by atoms with Crippen LogP contribution in [0.5, 0.6) is 11.5 Å². The van der Waals surface area contributed by atoms with Crippen molar-refractivity contribution in [2.75, 3.05) is 13.1 Å². The van der Waals surface area contributed by atoms with Crippen molar-refractivity contribution in [3.63, 3.8) is 0 Å². The number of nitrogens with zero attached hydrogens (tertiary/aromatic N) is 1. The molecule has 1 aliphatic rings. The lowest BCUT2D eigenvalue weighted by atomic mass is 9.94. The molecule has 2 N–H and O–H groups in total. The summed E-state index contributed by atoms with van der Waals surface area (Å²) in [7, 11) is 0. The molecule has 1 aromatic rings. The standard InChI is InChI=1S/C14H19NO3/c1-2-10-6-8-15(9-7-10)14(18)13-11(16)4-3-5-12(13)17/h3-5,10,16-17H,2,6-9H2,1H3. The number of piperidine rings is 1. The van der Waals surface area contributed by atoms with Crippen molar-refractivity contribution in [3.05, 3.63) is 23.8 Å². The Kier molecular flexibility index (Phi) is 3.75. The van der Waals surface area contributed by atoms with Crippen molar-refractivity contribution in [1.82, 2.24) is 4.90 Å². The van der Waals surface area contributed by atoms with E-state index in [0.29, 0.717) is 19.0 Å². The van der Waals surface area contributed by atoms with Crippen LogP contribution in [0.15, 0.2) is 18.2 Å². The minimum atomic E-state index is -0.278. The second-order valence-corrected chi connectivity index (χ2v) is 4.82. The molecule has 1 aromatic carbocycles. The van der Waals surface area contributed by atoms with Crippen molar-refractivity contribution < 1.29 is 15.0 Å². The maximum absolute atomic E-state index is 12.2. The molecule has 1 heterocycles. The fourth-order valence-electron chi connectivity index (χ4n) is 2.45. The van der Waals surface area contributed by atoms with Gasteiger partial charge in [-0.25, -0.2) is 0 Å². The lowest BCUT2D eigenvalue weighted by Crippen LogP contribution is -2.38. The molecule has 0 radical (unpaired) electrons. The summed E-state index contributed by atoms with van der Waals surface area (Å²) in [6.07, 6.45) is 3.14. The molecule has 0 bridgehead atoms. The maximum atomic E-state index is 12.2. The highest BCUT2D eigenvalue weighted by molar-refractivity contribution is 5.99. The molecule has 0 saturated carbocycles. The first-order valence-corrected chi connectivity index (χ1v) is 6.43. The Morgan fingerprint density at radius 3 is 2.33 bits per heavy atom. The largest absolute Gasteiger partial charge is 0.507 e. The van der Waals surface area contributed by atoms with E-state index in [0.717, 1.165) is 19.3 Å². The van der Waals surface area contributed by atoms with Crippen LogP contribution in [0.1, 0.15) is 36.5 Å². The van der Waals surface area contributed by atoms with E-state index in [1.807, 2.05) is 0 Å². The van der Waals surface area contributed by atoms with Crippen LogP contribution in [0, 0.1) is 5.92 Å². The summed E-state index contributed by atoms with van der Waals surface area (Å²) in [6.45, 7) is 3.56. The lowest BCUT2D eigenvalue weighted by Gasteiger charge is -2.31. The van der Waals surface area contributed by atoms with Crippen molar-refractivity contribution >= 4 is 5.91 Å². The third-order valence-electron chi connectivity index (χ3n) is 3.71. The highest BCUT2D eigenvalue weighted by Gasteiger charge is 2.26. The Morgan fingerprint density at radius 2 is 1.83 bits per heavy atom. The predicted molar refractivity (Wildman–Crippen MR) is 68.7 cm³/mol. The molecule has 98 valence electrons. The Labute approximate surface area is 107 Å². The Balaban J connectivity index is 2.13. The number of hydrogen-bond acceptors (Lipinski definition) is 3. The van der Waals surface area contributed by atoms with Crippen molar-refractivity contribution in [1.29, 1.82) is 0 Å². The number of carbonyl (C=O) groups is 1. The van der Waals surface area contributed by atoms with Gasteiger partial charge in [0.2, 0.25) is 0 Å². The van der Waals surface area contributed by atoms with Crippen molar-refractivity contribution in [2.24, 2.45) is 5.92 Å². The Morgan fingerprint density at radius 1 is 1.28 bits per heavy atom. The molecule has 18 heavy (non-hydrogen) atoms. The fraction of sp³-hybridized carbons (Fsp3) is 0.500. The van der Waals surface area contributed by atoms with Gasteiger partial charge in [0, 0.05) is 13.1 Å². The van der Waals surface area contributed by atoms with Gasteiger partial charge in [-0.15, -0.1) is 0 Å². The number of likely N-dealkylation sites (tertiary alicyclic amines) is 1. The summed E-state index contributed by atoms with van der Waals surface area (Å²) in [6, 6.07) is 4.36. The van der Waals surface area contributed by atoms with Gasteiger partial charge in [0.05, 0.1) is 0 Å². The fourth-order valence-corrected chi connectivity index (χ4v) is 2.45. The average molecular weight is 249 g/mol. The van der Waals surface area contributed by atoms with Crippen LogP contribution >= 0.6 is 0 Å². The van der Waals surface area contributed by atoms with Gasteiger partial charge in [-0.2, -0.15) is 0 Å². The Hall–Kier alpha value is -1.71. The number of benzene rings is 1. The number of phenolic OH excluding ortho intramolecular Hbond substituents is 2. The van der Waals surface area contributed by atoms with Crippen LogP contribution in [-0.2, 0) is 0 Å². The highest BCUT2D eigenvalue weighted by atomic mass is 16.3. The molecule has 0 aliphatic carbocycles. The van der Waals surface area contributed by atoms with Crippen LogP contribution in [0.4, 0.5) is 0 Å². The van der Waals surface area contributed by atoms with Crippen LogP contribution in [0.2, 0.25) is 0 Å². The minimum absolute atomic E-state index is 0.0208. The SMILES string of the molecule is CCC1CCN(C(=O)c2c(O)cccc2O)CC1. The van der Waals surface area contributed by atoms with Gasteiger partial charge in [0.25, 0.3) is 5.91 Å². The number of hydrogen-bond donors (Lipinski definition) is 2. The second kappa shape index (κ2) is 5.29. The van der Waals surface area contributed by atoms with Crippen molar-refractivity contribution in [3.8, 4) is 11.5 Å². The zero-order valence-corrected chi connectivity index (χ0v) is 10.6. The van der Waals surface area contributed by atoms with E-state index in [-0.39, 0.29) is 23.0 Å². The van der Waals surface area contributed by atoms with E-state index in [1.165, 1.54) is 18.2 Å². The molecule has 4 heteroatoms. The van der Waals surface area contributed by atoms with E-state index in [1.54, 1.807) is 4.90 Å². The minimum Gasteiger partial charge on any atom is -0.507 e. The summed E-state index contributed by atoms with van der Waals surface area (Å²) in [4.78, 5) is 14.0. The normalized spacial score (nSPS) is 16.8. The van der Waals surface area contributed by atoms with E-state index in [2.05, 4.69) is 6.92 Å². The summed E-state index contributed by atoms with van der Waals surface area (Å²) >= 11 is 0. The van der Waals surface area contributed by atoms with Crippen LogP contribution in [-0.4, -0.2) is 34.1 Å². The van der Waals surface area contributed by atoms with Crippen LogP contribution in [0.25, 0.3) is 0 Å². The van der Waals surface area contributed by atoms with E-state index in [4.69, 9.17) is 0 Å². The molecule has 1 amide bonds. The molecular formula is C14H19NO3. The first-order chi connectivity index (χ1) is 8.63. The number of phenols is 2. The van der Waals surface area contributed by atoms with Gasteiger partial charge in [0.15, 0.2) is 0 Å². The molecule has 1 fully saturated rings. The molecule has 1 aliphatic heterocycles. The predicted octanol–water partition coefficient (Wildman–Crippen LogP) is 2.36. The molecule has 2 rings (SSSR count). The van der Waals surface area contributed by atoms with E-state index in [9.17, 15) is 15.0 Å². The maximum Gasteiger partial charge on any atom is 0.261 e. The van der Waals surface area contributed by atoms with Gasteiger partial charge in [-0.05, 0) is 30.9 Å². The monoisotopic (exact) mass is 249 g/mol. The molecular weight excluding hydrogens is 230 g/mol. The summed E-state index contributed by atoms with van der Waals surface area (Å²) in [5.41, 5.74) is 0.0208. The summed E-state index contributed by atoms with van der Waals surface area (Å²) in [5, 5.41) is 19.4. The molecule has 0 spiro atoms. The van der Waals surface area contributed by atoms with Crippen LogP contribution < -0.4 is 0 Å². The smallest absolute Gasteiger partial charge is 0.261 e. The van der Waals surface area contributed by atoms with E-state index >= 15 is 0 Å². The van der Waals surface area contributed by atoms with Crippen LogP contribution in [0.3, 0.4) is 0 Å². The number of carbonyl (C=O) groups excluding carboxylic acids is 1. The molecule has 0 aromatic heterocycles. The average Bonchev–Trinajstić information content (AvgIpc) is 2.38. The van der Waals surface area contributed by atoms with Gasteiger partial charge >= 0.3 is 0 Å². The third-order valence-corrected chi connectivity index (χ3v) is 3.71. The summed E-state index contributed by atoms with van der Waals surface area (Å²) in [5.74, 6) is 0.0994. The van der Waals surface area contributed by atoms with E-state index < -0.39 is 0 Å². The number of aromatic hydroxyl groups is 2. The van der Waals surface area contributed by atoms with Gasteiger partial charge in [-0.1, -0.05) is 19.4 Å². The second-order valence-electron chi connectivity index (χ2n) is 4.82. The first kappa shape index (κ1) is 12.7. The molecule has 1 saturated heterocycles.